The van der Waals surface area contributed by atoms with E-state index in [0.717, 1.165) is 11.1 Å². The molecule has 0 fully saturated rings. The van der Waals surface area contributed by atoms with E-state index in [0.29, 0.717) is 22.4 Å². The minimum atomic E-state index is 0.0163. The molecule has 0 saturated carbocycles. The third-order valence-corrected chi connectivity index (χ3v) is 3.22. The highest BCUT2D eigenvalue weighted by Crippen LogP contribution is 2.21. The molecule has 0 saturated heterocycles. The monoisotopic (exact) mass is 276 g/mol. The first-order chi connectivity index (χ1) is 10.3. The van der Waals surface area contributed by atoms with Gasteiger partial charge in [0.25, 0.3) is 5.69 Å². The average Bonchev–Trinajstić information content (AvgIpc) is 2.56. The van der Waals surface area contributed by atoms with Gasteiger partial charge in [0.2, 0.25) is 12.0 Å². The summed E-state index contributed by atoms with van der Waals surface area (Å²) in [5, 5.41) is 12.4. The number of aldehydes is 1. The molecule has 3 aromatic rings. The maximum atomic E-state index is 12.4. The first-order valence-electron chi connectivity index (χ1n) is 6.50. The number of carbonyl (C=O) groups is 1. The van der Waals surface area contributed by atoms with Gasteiger partial charge in [-0.15, -0.1) is 0 Å². The minimum absolute atomic E-state index is 0.0163. The predicted molar refractivity (Wildman–Crippen MR) is 79.5 cm³/mol. The van der Waals surface area contributed by atoms with E-state index in [1.807, 2.05) is 60.7 Å². The summed E-state index contributed by atoms with van der Waals surface area (Å²) in [6.45, 7) is 0. The molecule has 21 heavy (non-hydrogen) atoms. The highest BCUT2D eigenvalue weighted by molar-refractivity contribution is 5.81. The van der Waals surface area contributed by atoms with Crippen molar-refractivity contribution in [3.8, 4) is 22.5 Å². The molecule has 0 aliphatic rings. The summed E-state index contributed by atoms with van der Waals surface area (Å²) in [6, 6.07) is 18.3. The molecular formula is C17H12N2O2. The van der Waals surface area contributed by atoms with Gasteiger partial charge in [0.1, 0.15) is 11.9 Å². The fourth-order valence-corrected chi connectivity index (χ4v) is 2.19. The summed E-state index contributed by atoms with van der Waals surface area (Å²) in [5.74, 6) is 0. The van der Waals surface area contributed by atoms with E-state index in [1.54, 1.807) is 0 Å². The van der Waals surface area contributed by atoms with Gasteiger partial charge < -0.3 is 5.21 Å². The van der Waals surface area contributed by atoms with Crippen LogP contribution in [0.4, 0.5) is 0 Å². The minimum Gasteiger partial charge on any atom is -0.618 e. The lowest BCUT2D eigenvalue weighted by Crippen LogP contribution is -2.35. The van der Waals surface area contributed by atoms with Gasteiger partial charge in [-0.05, 0) is 12.1 Å². The van der Waals surface area contributed by atoms with Crippen molar-refractivity contribution in [1.29, 1.82) is 0 Å². The largest absolute Gasteiger partial charge is 0.618 e. The summed E-state index contributed by atoms with van der Waals surface area (Å²) in [7, 11) is 0. The Morgan fingerprint density at radius 3 is 2.05 bits per heavy atom. The van der Waals surface area contributed by atoms with Crippen LogP contribution in [0, 0.1) is 5.21 Å². The van der Waals surface area contributed by atoms with Gasteiger partial charge in [0.05, 0.1) is 0 Å². The maximum Gasteiger partial charge on any atom is 0.283 e. The van der Waals surface area contributed by atoms with E-state index in [9.17, 15) is 10.0 Å². The SMILES string of the molecule is O=Cc1c(-c2ccccc2)ncc(-c2ccccc2)[n+]1[O-]. The molecule has 2 aromatic carbocycles. The molecule has 0 aliphatic carbocycles. The second-order valence-corrected chi connectivity index (χ2v) is 4.52. The summed E-state index contributed by atoms with van der Waals surface area (Å²) < 4.78 is 0.637. The fraction of sp³-hybridized carbons (Fsp3) is 0. The Kier molecular flexibility index (Phi) is 3.43. The summed E-state index contributed by atoms with van der Waals surface area (Å²) >= 11 is 0. The zero-order valence-electron chi connectivity index (χ0n) is 11.1. The average molecular weight is 276 g/mol. The second kappa shape index (κ2) is 5.54. The van der Waals surface area contributed by atoms with Crippen LogP contribution in [0.3, 0.4) is 0 Å². The van der Waals surface area contributed by atoms with E-state index in [-0.39, 0.29) is 5.69 Å². The molecule has 1 heterocycles. The Morgan fingerprint density at radius 1 is 0.905 bits per heavy atom. The number of aromatic nitrogens is 2. The summed E-state index contributed by atoms with van der Waals surface area (Å²) in [5.41, 5.74) is 2.23. The Bertz CT molecular complexity index is 772. The molecule has 0 N–H and O–H groups in total. The van der Waals surface area contributed by atoms with E-state index < -0.39 is 0 Å². The van der Waals surface area contributed by atoms with Crippen molar-refractivity contribution < 1.29 is 9.52 Å². The summed E-state index contributed by atoms with van der Waals surface area (Å²) in [4.78, 5) is 15.6. The van der Waals surface area contributed by atoms with Crippen LogP contribution in [0.2, 0.25) is 0 Å². The van der Waals surface area contributed by atoms with Crippen LogP contribution in [0.25, 0.3) is 22.5 Å². The van der Waals surface area contributed by atoms with E-state index in [4.69, 9.17) is 0 Å². The Balaban J connectivity index is 2.19. The molecule has 0 unspecified atom stereocenters. The number of nitrogens with zero attached hydrogens (tertiary/aromatic N) is 2. The van der Waals surface area contributed by atoms with Gasteiger partial charge in [-0.3, -0.25) is 4.79 Å². The van der Waals surface area contributed by atoms with Crippen molar-refractivity contribution in [2.75, 3.05) is 0 Å². The normalized spacial score (nSPS) is 10.3. The van der Waals surface area contributed by atoms with Gasteiger partial charge in [0.15, 0.2) is 0 Å². The lowest BCUT2D eigenvalue weighted by Gasteiger charge is -2.09. The highest BCUT2D eigenvalue weighted by Gasteiger charge is 2.20. The van der Waals surface area contributed by atoms with Gasteiger partial charge >= 0.3 is 0 Å². The van der Waals surface area contributed by atoms with E-state index in [2.05, 4.69) is 4.98 Å². The molecule has 0 aliphatic heterocycles. The van der Waals surface area contributed by atoms with E-state index in [1.165, 1.54) is 6.20 Å². The molecule has 0 amide bonds. The number of benzene rings is 2. The molecule has 102 valence electrons. The van der Waals surface area contributed by atoms with Crippen LogP contribution >= 0.6 is 0 Å². The van der Waals surface area contributed by atoms with Crippen molar-refractivity contribution in [2.45, 2.75) is 0 Å². The predicted octanol–water partition coefficient (Wildman–Crippen LogP) is 2.86. The Hall–Kier alpha value is -3.01. The molecular weight excluding hydrogens is 264 g/mol. The quantitative estimate of drug-likeness (QED) is 0.420. The van der Waals surface area contributed by atoms with Gasteiger partial charge in [-0.25, -0.2) is 4.98 Å². The highest BCUT2D eigenvalue weighted by atomic mass is 16.5. The number of hydrogen-bond donors (Lipinski definition) is 0. The smallest absolute Gasteiger partial charge is 0.283 e. The maximum absolute atomic E-state index is 12.4. The topological polar surface area (TPSA) is 56.9 Å². The third kappa shape index (κ3) is 2.39. The molecule has 4 heteroatoms. The van der Waals surface area contributed by atoms with Crippen molar-refractivity contribution in [3.05, 3.63) is 77.8 Å². The fourth-order valence-electron chi connectivity index (χ4n) is 2.19. The third-order valence-electron chi connectivity index (χ3n) is 3.22. The first-order valence-corrected chi connectivity index (χ1v) is 6.50. The van der Waals surface area contributed by atoms with Crippen molar-refractivity contribution in [1.82, 2.24) is 4.98 Å². The first kappa shape index (κ1) is 13.0. The summed E-state index contributed by atoms with van der Waals surface area (Å²) in [6.07, 6.45) is 2.05. The standard InChI is InChI=1S/C17H12N2O2/c20-12-16-17(14-9-5-2-6-10-14)18-11-15(19(16)21)13-7-3-1-4-8-13/h1-12H. The molecule has 0 bridgehead atoms. The molecule has 0 radical (unpaired) electrons. The van der Waals surface area contributed by atoms with Gasteiger partial charge in [-0.1, -0.05) is 48.5 Å². The van der Waals surface area contributed by atoms with Crippen LogP contribution in [0.1, 0.15) is 10.5 Å². The lowest BCUT2D eigenvalue weighted by molar-refractivity contribution is -0.595. The van der Waals surface area contributed by atoms with Crippen LogP contribution in [0.15, 0.2) is 66.9 Å². The van der Waals surface area contributed by atoms with Crippen LogP contribution in [-0.2, 0) is 0 Å². The van der Waals surface area contributed by atoms with Crippen molar-refractivity contribution >= 4 is 6.29 Å². The lowest BCUT2D eigenvalue weighted by atomic mass is 10.1. The van der Waals surface area contributed by atoms with Crippen LogP contribution in [-0.4, -0.2) is 11.3 Å². The van der Waals surface area contributed by atoms with Crippen LogP contribution in [0.5, 0.6) is 0 Å². The second-order valence-electron chi connectivity index (χ2n) is 4.52. The number of hydrogen-bond acceptors (Lipinski definition) is 3. The number of carbonyl (C=O) groups excluding carboxylic acids is 1. The van der Waals surface area contributed by atoms with E-state index >= 15 is 0 Å². The van der Waals surface area contributed by atoms with Crippen molar-refractivity contribution in [3.63, 3.8) is 0 Å². The van der Waals surface area contributed by atoms with Gasteiger partial charge in [0, 0.05) is 11.1 Å². The molecule has 1 aromatic heterocycles. The zero-order valence-corrected chi connectivity index (χ0v) is 11.1. The molecule has 0 atom stereocenters. The molecule has 3 rings (SSSR count). The Labute approximate surface area is 121 Å². The molecule has 4 nitrogen and oxygen atoms in total. The van der Waals surface area contributed by atoms with Gasteiger partial charge in [-0.2, -0.15) is 4.73 Å². The van der Waals surface area contributed by atoms with Crippen LogP contribution < -0.4 is 4.73 Å². The number of rotatable bonds is 3. The molecule has 0 spiro atoms. The van der Waals surface area contributed by atoms with Crippen molar-refractivity contribution in [2.24, 2.45) is 0 Å². The zero-order chi connectivity index (χ0) is 14.7. The Morgan fingerprint density at radius 2 is 1.48 bits per heavy atom.